The zero-order chi connectivity index (χ0) is 21.5. The molecular formula is C24H24ClNO4. The Morgan fingerprint density at radius 1 is 1.00 bits per heavy atom. The molecule has 3 aromatic rings. The maximum absolute atomic E-state index is 12.8. The van der Waals surface area contributed by atoms with Gasteiger partial charge in [-0.25, -0.2) is 0 Å². The van der Waals surface area contributed by atoms with E-state index in [4.69, 9.17) is 25.8 Å². The van der Waals surface area contributed by atoms with Gasteiger partial charge < -0.3 is 19.5 Å². The minimum atomic E-state index is -0.231. The van der Waals surface area contributed by atoms with Crippen LogP contribution in [0.25, 0.3) is 0 Å². The molecule has 0 unspecified atom stereocenters. The molecule has 0 aliphatic heterocycles. The molecule has 6 heteroatoms. The fourth-order valence-corrected chi connectivity index (χ4v) is 3.08. The van der Waals surface area contributed by atoms with Gasteiger partial charge in [0.15, 0.2) is 0 Å². The first-order chi connectivity index (χ1) is 14.5. The van der Waals surface area contributed by atoms with Crippen LogP contribution in [0.1, 0.15) is 28.4 Å². The molecule has 3 rings (SSSR count). The minimum Gasteiger partial charge on any atom is -0.497 e. The predicted molar refractivity (Wildman–Crippen MR) is 119 cm³/mol. The van der Waals surface area contributed by atoms with Gasteiger partial charge in [-0.1, -0.05) is 23.7 Å². The van der Waals surface area contributed by atoms with E-state index in [1.165, 1.54) is 0 Å². The van der Waals surface area contributed by atoms with Gasteiger partial charge >= 0.3 is 0 Å². The number of hydrogen-bond acceptors (Lipinski definition) is 4. The van der Waals surface area contributed by atoms with Crippen LogP contribution in [0.2, 0.25) is 5.02 Å². The van der Waals surface area contributed by atoms with E-state index in [0.29, 0.717) is 40.1 Å². The molecule has 30 heavy (non-hydrogen) atoms. The van der Waals surface area contributed by atoms with E-state index in [1.807, 2.05) is 38.1 Å². The highest BCUT2D eigenvalue weighted by atomic mass is 35.5. The quantitative estimate of drug-likeness (QED) is 0.489. The lowest BCUT2D eigenvalue weighted by Crippen LogP contribution is -2.14. The molecule has 0 fully saturated rings. The normalized spacial score (nSPS) is 10.4. The van der Waals surface area contributed by atoms with Crippen molar-refractivity contribution in [1.82, 2.24) is 0 Å². The second kappa shape index (κ2) is 10.0. The standard InChI is InChI=1S/C24H24ClNO4/c1-4-29-23-11-9-17(24(27)26-22-13-19(25)10-8-16(22)2)12-18(23)15-30-21-7-5-6-20(14-21)28-3/h5-14H,4,15H2,1-3H3,(H,26,27). The van der Waals surface area contributed by atoms with Crippen LogP contribution in [0.3, 0.4) is 0 Å². The average Bonchev–Trinajstić information content (AvgIpc) is 2.75. The summed E-state index contributed by atoms with van der Waals surface area (Å²) >= 11 is 6.05. The number of nitrogens with one attached hydrogen (secondary N) is 1. The number of halogens is 1. The number of ether oxygens (including phenoxy) is 3. The van der Waals surface area contributed by atoms with Gasteiger partial charge in [0.25, 0.3) is 5.91 Å². The highest BCUT2D eigenvalue weighted by molar-refractivity contribution is 6.31. The van der Waals surface area contributed by atoms with Gasteiger partial charge in [-0.2, -0.15) is 0 Å². The van der Waals surface area contributed by atoms with E-state index in [-0.39, 0.29) is 12.5 Å². The topological polar surface area (TPSA) is 56.8 Å². The summed E-state index contributed by atoms with van der Waals surface area (Å²) in [5, 5.41) is 3.48. The Hall–Kier alpha value is -3.18. The molecule has 3 aromatic carbocycles. The number of rotatable bonds is 8. The SMILES string of the molecule is CCOc1ccc(C(=O)Nc2cc(Cl)ccc2C)cc1COc1cccc(OC)c1. The third-order valence-electron chi connectivity index (χ3n) is 4.51. The molecule has 0 aliphatic rings. The van der Waals surface area contributed by atoms with E-state index in [9.17, 15) is 4.79 Å². The zero-order valence-corrected chi connectivity index (χ0v) is 18.0. The molecule has 0 radical (unpaired) electrons. The Bertz CT molecular complexity index is 1040. The number of methoxy groups -OCH3 is 1. The molecule has 0 atom stereocenters. The van der Waals surface area contributed by atoms with Crippen molar-refractivity contribution in [2.45, 2.75) is 20.5 Å². The Labute approximate surface area is 181 Å². The molecule has 0 spiro atoms. The molecule has 5 nitrogen and oxygen atoms in total. The first-order valence-corrected chi connectivity index (χ1v) is 9.98. The van der Waals surface area contributed by atoms with Gasteiger partial charge in [0.2, 0.25) is 0 Å². The van der Waals surface area contributed by atoms with Crippen LogP contribution >= 0.6 is 11.6 Å². The molecule has 0 bridgehead atoms. The van der Waals surface area contributed by atoms with Crippen molar-refractivity contribution in [2.75, 3.05) is 19.0 Å². The minimum absolute atomic E-state index is 0.231. The molecule has 0 aromatic heterocycles. The summed E-state index contributed by atoms with van der Waals surface area (Å²) < 4.78 is 16.8. The highest BCUT2D eigenvalue weighted by Gasteiger charge is 2.13. The lowest BCUT2D eigenvalue weighted by molar-refractivity contribution is 0.102. The number of aryl methyl sites for hydroxylation is 1. The largest absolute Gasteiger partial charge is 0.497 e. The first-order valence-electron chi connectivity index (χ1n) is 9.60. The summed E-state index contributed by atoms with van der Waals surface area (Å²) in [6, 6.07) is 18.0. The molecule has 0 aliphatic carbocycles. The lowest BCUT2D eigenvalue weighted by atomic mass is 10.1. The summed E-state index contributed by atoms with van der Waals surface area (Å²) in [5.41, 5.74) is 2.88. The number of anilines is 1. The Balaban J connectivity index is 1.80. The summed E-state index contributed by atoms with van der Waals surface area (Å²) in [6.45, 7) is 4.59. The van der Waals surface area contributed by atoms with Gasteiger partial charge in [0.1, 0.15) is 23.9 Å². The molecule has 1 amide bonds. The van der Waals surface area contributed by atoms with E-state index in [0.717, 1.165) is 11.1 Å². The molecule has 0 saturated heterocycles. The second-order valence-electron chi connectivity index (χ2n) is 6.64. The number of carbonyl (C=O) groups is 1. The third-order valence-corrected chi connectivity index (χ3v) is 4.74. The van der Waals surface area contributed by atoms with E-state index in [1.54, 1.807) is 43.5 Å². The maximum Gasteiger partial charge on any atom is 0.255 e. The number of hydrogen-bond donors (Lipinski definition) is 1. The average molecular weight is 426 g/mol. The Morgan fingerprint density at radius 2 is 1.80 bits per heavy atom. The Morgan fingerprint density at radius 3 is 2.57 bits per heavy atom. The van der Waals surface area contributed by atoms with Gasteiger partial charge in [0.05, 0.1) is 13.7 Å². The smallest absolute Gasteiger partial charge is 0.255 e. The number of carbonyl (C=O) groups excluding carboxylic acids is 1. The van der Waals surface area contributed by atoms with Crippen LogP contribution in [-0.4, -0.2) is 19.6 Å². The van der Waals surface area contributed by atoms with E-state index < -0.39 is 0 Å². The van der Waals surface area contributed by atoms with Gasteiger partial charge in [-0.3, -0.25) is 4.79 Å². The van der Waals surface area contributed by atoms with Crippen LogP contribution in [0, 0.1) is 6.92 Å². The molecule has 1 N–H and O–H groups in total. The highest BCUT2D eigenvalue weighted by Crippen LogP contribution is 2.26. The number of amides is 1. The maximum atomic E-state index is 12.8. The van der Waals surface area contributed by atoms with Crippen LogP contribution in [0.4, 0.5) is 5.69 Å². The van der Waals surface area contributed by atoms with Crippen molar-refractivity contribution in [3.63, 3.8) is 0 Å². The summed E-state index contributed by atoms with van der Waals surface area (Å²) in [5.74, 6) is 1.82. The van der Waals surface area contributed by atoms with E-state index in [2.05, 4.69) is 5.32 Å². The van der Waals surface area contributed by atoms with Crippen molar-refractivity contribution in [3.05, 3.63) is 82.4 Å². The molecule has 0 heterocycles. The van der Waals surface area contributed by atoms with Crippen LogP contribution < -0.4 is 19.5 Å². The second-order valence-corrected chi connectivity index (χ2v) is 7.07. The fourth-order valence-electron chi connectivity index (χ4n) is 2.91. The van der Waals surface area contributed by atoms with Gasteiger partial charge in [-0.15, -0.1) is 0 Å². The molecule has 0 saturated carbocycles. The summed E-state index contributed by atoms with van der Waals surface area (Å²) in [4.78, 5) is 12.8. The predicted octanol–water partition coefficient (Wildman–Crippen LogP) is 5.89. The van der Waals surface area contributed by atoms with Crippen LogP contribution in [-0.2, 0) is 6.61 Å². The van der Waals surface area contributed by atoms with Gasteiger partial charge in [-0.05, 0) is 61.9 Å². The van der Waals surface area contributed by atoms with Crippen LogP contribution in [0.5, 0.6) is 17.2 Å². The third kappa shape index (κ3) is 5.45. The summed E-state index contributed by atoms with van der Waals surface area (Å²) in [7, 11) is 1.61. The monoisotopic (exact) mass is 425 g/mol. The fraction of sp³-hybridized carbons (Fsp3) is 0.208. The van der Waals surface area contributed by atoms with Crippen molar-refractivity contribution in [3.8, 4) is 17.2 Å². The molecular weight excluding hydrogens is 402 g/mol. The van der Waals surface area contributed by atoms with Gasteiger partial charge in [0, 0.05) is 27.9 Å². The summed E-state index contributed by atoms with van der Waals surface area (Å²) in [6.07, 6.45) is 0. The van der Waals surface area contributed by atoms with E-state index >= 15 is 0 Å². The van der Waals surface area contributed by atoms with Crippen molar-refractivity contribution in [2.24, 2.45) is 0 Å². The van der Waals surface area contributed by atoms with Crippen molar-refractivity contribution >= 4 is 23.2 Å². The van der Waals surface area contributed by atoms with Crippen molar-refractivity contribution < 1.29 is 19.0 Å². The lowest BCUT2D eigenvalue weighted by Gasteiger charge is -2.14. The number of benzene rings is 3. The molecule has 156 valence electrons. The van der Waals surface area contributed by atoms with Crippen molar-refractivity contribution in [1.29, 1.82) is 0 Å². The Kier molecular flexibility index (Phi) is 7.20. The zero-order valence-electron chi connectivity index (χ0n) is 17.2. The first kappa shape index (κ1) is 21.5. The van der Waals surface area contributed by atoms with Crippen LogP contribution in [0.15, 0.2) is 60.7 Å².